The second-order valence-electron chi connectivity index (χ2n) is 3.31. The molecule has 0 atom stereocenters. The van der Waals surface area contributed by atoms with Crippen molar-refractivity contribution in [2.75, 3.05) is 12.0 Å². The first kappa shape index (κ1) is 10.6. The van der Waals surface area contributed by atoms with Gasteiger partial charge in [0.05, 0.1) is 10.6 Å². The third-order valence-electron chi connectivity index (χ3n) is 2.04. The molecule has 0 radical (unpaired) electrons. The molecule has 1 aromatic carbocycles. The topological polar surface area (TPSA) is 90.9 Å². The second kappa shape index (κ2) is 3.60. The van der Waals surface area contributed by atoms with E-state index < -0.39 is 9.84 Å². The quantitative estimate of drug-likeness (QED) is 0.810. The minimum absolute atomic E-state index is 0.173. The lowest BCUT2D eigenvalue weighted by Crippen LogP contribution is -1.99. The molecule has 84 valence electrons. The van der Waals surface area contributed by atoms with Crippen molar-refractivity contribution in [3.05, 3.63) is 30.6 Å². The van der Waals surface area contributed by atoms with Crippen molar-refractivity contribution in [3.63, 3.8) is 0 Å². The average molecular weight is 238 g/mol. The molecule has 0 unspecified atom stereocenters. The molecule has 7 heteroatoms. The van der Waals surface area contributed by atoms with Gasteiger partial charge in [-0.2, -0.15) is 0 Å². The lowest BCUT2D eigenvalue weighted by atomic mass is 10.3. The van der Waals surface area contributed by atoms with Crippen LogP contribution in [0.3, 0.4) is 0 Å². The van der Waals surface area contributed by atoms with Gasteiger partial charge >= 0.3 is 0 Å². The van der Waals surface area contributed by atoms with Crippen molar-refractivity contribution in [1.29, 1.82) is 0 Å². The maximum absolute atomic E-state index is 11.2. The van der Waals surface area contributed by atoms with E-state index in [1.807, 2.05) is 0 Å². The first-order valence-corrected chi connectivity index (χ1v) is 6.33. The summed E-state index contributed by atoms with van der Waals surface area (Å²) in [4.78, 5) is 4.04. The maximum Gasteiger partial charge on any atom is 0.239 e. The molecule has 0 aliphatic heterocycles. The molecule has 0 bridgehead atoms. The number of benzene rings is 1. The van der Waals surface area contributed by atoms with Crippen LogP contribution in [0.1, 0.15) is 0 Å². The molecule has 0 fully saturated rings. The average Bonchev–Trinajstić information content (AvgIpc) is 2.64. The van der Waals surface area contributed by atoms with Gasteiger partial charge in [0, 0.05) is 6.26 Å². The predicted octanol–water partition coefficient (Wildman–Crippen LogP) is 0.253. The van der Waals surface area contributed by atoms with Crippen molar-refractivity contribution >= 4 is 15.8 Å². The Morgan fingerprint density at radius 1 is 1.25 bits per heavy atom. The van der Waals surface area contributed by atoms with Crippen LogP contribution in [-0.2, 0) is 9.84 Å². The highest BCUT2D eigenvalue weighted by atomic mass is 32.2. The Balaban J connectivity index is 2.40. The lowest BCUT2D eigenvalue weighted by Gasteiger charge is -2.01. The van der Waals surface area contributed by atoms with E-state index in [0.29, 0.717) is 5.69 Å². The van der Waals surface area contributed by atoms with E-state index in [4.69, 9.17) is 5.73 Å². The molecule has 0 aliphatic carbocycles. The van der Waals surface area contributed by atoms with Crippen LogP contribution in [0.2, 0.25) is 0 Å². The SMILES string of the molecule is CS(=O)(=O)c1ccc(-n2cnc(N)n2)cc1. The highest BCUT2D eigenvalue weighted by Gasteiger charge is 2.07. The first-order chi connectivity index (χ1) is 7.47. The van der Waals surface area contributed by atoms with Crippen molar-refractivity contribution in [2.45, 2.75) is 4.90 Å². The summed E-state index contributed by atoms with van der Waals surface area (Å²) in [7, 11) is -3.17. The van der Waals surface area contributed by atoms with E-state index in [9.17, 15) is 8.42 Å². The summed E-state index contributed by atoms with van der Waals surface area (Å²) in [6, 6.07) is 6.32. The molecule has 0 saturated heterocycles. The highest BCUT2D eigenvalue weighted by molar-refractivity contribution is 7.90. The van der Waals surface area contributed by atoms with Gasteiger partial charge in [-0.05, 0) is 24.3 Å². The molecule has 0 aliphatic rings. The van der Waals surface area contributed by atoms with Gasteiger partial charge in [-0.1, -0.05) is 0 Å². The largest absolute Gasteiger partial charge is 0.366 e. The minimum atomic E-state index is -3.17. The predicted molar refractivity (Wildman–Crippen MR) is 58.9 cm³/mol. The fourth-order valence-corrected chi connectivity index (χ4v) is 1.88. The van der Waals surface area contributed by atoms with Crippen molar-refractivity contribution < 1.29 is 8.42 Å². The number of hydrogen-bond acceptors (Lipinski definition) is 5. The number of hydrogen-bond donors (Lipinski definition) is 1. The Labute approximate surface area is 92.6 Å². The minimum Gasteiger partial charge on any atom is -0.366 e. The van der Waals surface area contributed by atoms with Crippen LogP contribution in [-0.4, -0.2) is 29.4 Å². The molecule has 2 aromatic rings. The van der Waals surface area contributed by atoms with Gasteiger partial charge in [-0.25, -0.2) is 18.1 Å². The van der Waals surface area contributed by atoms with E-state index in [-0.39, 0.29) is 10.8 Å². The van der Waals surface area contributed by atoms with E-state index in [2.05, 4.69) is 10.1 Å². The van der Waals surface area contributed by atoms with Crippen LogP contribution >= 0.6 is 0 Å². The first-order valence-electron chi connectivity index (χ1n) is 4.44. The third kappa shape index (κ3) is 2.03. The van der Waals surface area contributed by atoms with Crippen LogP contribution in [0, 0.1) is 0 Å². The Bertz CT molecular complexity index is 601. The van der Waals surface area contributed by atoms with Crippen molar-refractivity contribution in [3.8, 4) is 5.69 Å². The van der Waals surface area contributed by atoms with Gasteiger partial charge < -0.3 is 5.73 Å². The number of nitrogen functional groups attached to an aromatic ring is 1. The zero-order chi connectivity index (χ0) is 11.8. The summed E-state index contributed by atoms with van der Waals surface area (Å²) in [5, 5.41) is 3.91. The summed E-state index contributed by atoms with van der Waals surface area (Å²) < 4.78 is 23.9. The fourth-order valence-electron chi connectivity index (χ4n) is 1.25. The number of aromatic nitrogens is 3. The van der Waals surface area contributed by atoms with Crippen molar-refractivity contribution in [2.24, 2.45) is 0 Å². The van der Waals surface area contributed by atoms with Gasteiger partial charge in [0.15, 0.2) is 9.84 Å². The molecule has 0 spiro atoms. The summed E-state index contributed by atoms with van der Waals surface area (Å²) in [6.07, 6.45) is 2.63. The van der Waals surface area contributed by atoms with Gasteiger partial charge in [0.2, 0.25) is 5.95 Å². The number of sulfone groups is 1. The van der Waals surface area contributed by atoms with E-state index in [0.717, 1.165) is 6.26 Å². The molecular weight excluding hydrogens is 228 g/mol. The van der Waals surface area contributed by atoms with Gasteiger partial charge in [0.25, 0.3) is 0 Å². The molecule has 2 rings (SSSR count). The summed E-state index contributed by atoms with van der Waals surface area (Å²) >= 11 is 0. The number of rotatable bonds is 2. The summed E-state index contributed by atoms with van der Waals surface area (Å²) in [5.74, 6) is 0.173. The molecule has 1 heterocycles. The van der Waals surface area contributed by atoms with Crippen LogP contribution in [0.5, 0.6) is 0 Å². The monoisotopic (exact) mass is 238 g/mol. The van der Waals surface area contributed by atoms with Crippen LogP contribution in [0.4, 0.5) is 5.95 Å². The molecule has 16 heavy (non-hydrogen) atoms. The normalized spacial score (nSPS) is 11.6. The zero-order valence-electron chi connectivity index (χ0n) is 8.53. The Hall–Kier alpha value is -1.89. The lowest BCUT2D eigenvalue weighted by molar-refractivity contribution is 0.602. The van der Waals surface area contributed by atoms with Gasteiger partial charge in [-0.3, -0.25) is 0 Å². The van der Waals surface area contributed by atoms with Crippen LogP contribution in [0.15, 0.2) is 35.5 Å². The Kier molecular flexibility index (Phi) is 2.39. The molecule has 0 saturated carbocycles. The molecule has 0 amide bonds. The smallest absolute Gasteiger partial charge is 0.239 e. The second-order valence-corrected chi connectivity index (χ2v) is 5.33. The Morgan fingerprint density at radius 2 is 1.88 bits per heavy atom. The number of nitrogens with two attached hydrogens (primary N) is 1. The Morgan fingerprint density at radius 3 is 2.31 bits per heavy atom. The fraction of sp³-hybridized carbons (Fsp3) is 0.111. The molecule has 6 nitrogen and oxygen atoms in total. The molecular formula is C9H10N4O2S. The van der Waals surface area contributed by atoms with E-state index >= 15 is 0 Å². The third-order valence-corrected chi connectivity index (χ3v) is 3.17. The van der Waals surface area contributed by atoms with Crippen molar-refractivity contribution in [1.82, 2.24) is 14.8 Å². The number of nitrogens with zero attached hydrogens (tertiary/aromatic N) is 3. The summed E-state index contributed by atoms with van der Waals surface area (Å²) in [6.45, 7) is 0. The van der Waals surface area contributed by atoms with E-state index in [1.165, 1.54) is 23.1 Å². The molecule has 1 aromatic heterocycles. The standard InChI is InChI=1S/C9H10N4O2S/c1-16(14,15)8-4-2-7(3-5-8)13-6-11-9(10)12-13/h2-6H,1H3,(H2,10,12). The molecule has 2 N–H and O–H groups in total. The number of anilines is 1. The maximum atomic E-state index is 11.2. The summed E-state index contributed by atoms with van der Waals surface area (Å²) in [5.41, 5.74) is 6.08. The van der Waals surface area contributed by atoms with Gasteiger partial charge in [-0.15, -0.1) is 5.10 Å². The van der Waals surface area contributed by atoms with Crippen LogP contribution < -0.4 is 5.73 Å². The van der Waals surface area contributed by atoms with E-state index in [1.54, 1.807) is 12.1 Å². The van der Waals surface area contributed by atoms with Crippen LogP contribution in [0.25, 0.3) is 5.69 Å². The zero-order valence-corrected chi connectivity index (χ0v) is 9.35. The highest BCUT2D eigenvalue weighted by Crippen LogP contribution is 2.12. The van der Waals surface area contributed by atoms with Gasteiger partial charge in [0.1, 0.15) is 6.33 Å².